The number of benzene rings is 1. The summed E-state index contributed by atoms with van der Waals surface area (Å²) in [5.74, 6) is 0. The van der Waals surface area contributed by atoms with Gasteiger partial charge in [-0.25, -0.2) is 0 Å². The molecule has 3 aromatic heterocycles. The van der Waals surface area contributed by atoms with E-state index in [1.807, 2.05) is 52.9 Å². The third kappa shape index (κ3) is 3.47. The van der Waals surface area contributed by atoms with E-state index in [0.29, 0.717) is 0 Å². The summed E-state index contributed by atoms with van der Waals surface area (Å²) >= 11 is 0. The number of nitrogens with zero attached hydrogens (tertiary/aromatic N) is 6. The molecule has 4 aromatic rings. The lowest BCUT2D eigenvalue weighted by Crippen LogP contribution is -2.08. The molecule has 0 N–H and O–H groups in total. The van der Waals surface area contributed by atoms with Crippen LogP contribution in [0.5, 0.6) is 0 Å². The zero-order chi connectivity index (χ0) is 17.1. The molecular formula is C19H18N6. The summed E-state index contributed by atoms with van der Waals surface area (Å²) in [6.45, 7) is 3.58. The monoisotopic (exact) mass is 330 g/mol. The number of rotatable bonds is 5. The summed E-state index contributed by atoms with van der Waals surface area (Å²) in [4.78, 5) is 8.49. The molecule has 0 spiro atoms. The molecule has 0 amide bonds. The summed E-state index contributed by atoms with van der Waals surface area (Å²) in [7, 11) is 0. The third-order valence-electron chi connectivity index (χ3n) is 3.99. The lowest BCUT2D eigenvalue weighted by molar-refractivity contribution is 0.499. The fraction of sp³-hybridized carbons (Fsp3) is 0.158. The normalized spacial score (nSPS) is 10.9. The van der Waals surface area contributed by atoms with Crippen molar-refractivity contribution in [1.82, 2.24) is 29.5 Å². The van der Waals surface area contributed by atoms with E-state index < -0.39 is 0 Å². The fourth-order valence-electron chi connectivity index (χ4n) is 2.72. The molecule has 0 saturated carbocycles. The summed E-state index contributed by atoms with van der Waals surface area (Å²) in [5.41, 5.74) is 4.94. The topological polar surface area (TPSA) is 61.4 Å². The predicted molar refractivity (Wildman–Crippen MR) is 95.7 cm³/mol. The van der Waals surface area contributed by atoms with Crippen LogP contribution in [0.15, 0.2) is 67.4 Å². The Morgan fingerprint density at radius 1 is 0.840 bits per heavy atom. The Labute approximate surface area is 145 Å². The largest absolute Gasteiger partial charge is 0.271 e. The Balaban J connectivity index is 1.52. The molecular weight excluding hydrogens is 312 g/mol. The van der Waals surface area contributed by atoms with Crippen LogP contribution in [-0.4, -0.2) is 29.5 Å². The lowest BCUT2D eigenvalue weighted by atomic mass is 10.1. The molecule has 124 valence electrons. The van der Waals surface area contributed by atoms with Crippen LogP contribution in [0.25, 0.3) is 22.5 Å². The lowest BCUT2D eigenvalue weighted by Gasteiger charge is -2.04. The molecule has 0 atom stereocenters. The molecule has 4 rings (SSSR count). The van der Waals surface area contributed by atoms with Gasteiger partial charge in [0.05, 0.1) is 36.4 Å². The third-order valence-corrected chi connectivity index (χ3v) is 3.99. The van der Waals surface area contributed by atoms with Crippen molar-refractivity contribution >= 4 is 0 Å². The van der Waals surface area contributed by atoms with Gasteiger partial charge in [-0.3, -0.25) is 19.3 Å². The van der Waals surface area contributed by atoms with Crippen molar-refractivity contribution in [2.24, 2.45) is 0 Å². The van der Waals surface area contributed by atoms with Gasteiger partial charge in [-0.05, 0) is 25.1 Å². The highest BCUT2D eigenvalue weighted by molar-refractivity contribution is 5.68. The van der Waals surface area contributed by atoms with E-state index in [9.17, 15) is 0 Å². The van der Waals surface area contributed by atoms with E-state index in [0.717, 1.165) is 41.3 Å². The standard InChI is InChI=1S/C19H18N6/c1-15-5-9-24(22-15)11-12-25-10-6-18(23-25)16-3-2-4-17(13-16)19-14-20-7-8-21-19/h2-10,13-14H,11-12H2,1H3. The Morgan fingerprint density at radius 3 is 2.32 bits per heavy atom. The van der Waals surface area contributed by atoms with Gasteiger partial charge in [0.25, 0.3) is 0 Å². The first-order valence-electron chi connectivity index (χ1n) is 8.18. The molecule has 0 unspecified atom stereocenters. The summed E-state index contributed by atoms with van der Waals surface area (Å²) in [6.07, 6.45) is 9.14. The molecule has 1 aromatic carbocycles. The molecule has 0 aliphatic rings. The van der Waals surface area contributed by atoms with Gasteiger partial charge in [-0.2, -0.15) is 10.2 Å². The second-order valence-electron chi connectivity index (χ2n) is 5.86. The van der Waals surface area contributed by atoms with Crippen molar-refractivity contribution in [3.05, 3.63) is 73.1 Å². The van der Waals surface area contributed by atoms with Gasteiger partial charge >= 0.3 is 0 Å². The van der Waals surface area contributed by atoms with E-state index in [-0.39, 0.29) is 0 Å². The van der Waals surface area contributed by atoms with Crippen LogP contribution in [0, 0.1) is 6.92 Å². The predicted octanol–water partition coefficient (Wildman–Crippen LogP) is 3.21. The quantitative estimate of drug-likeness (QED) is 0.564. The molecule has 6 heteroatoms. The van der Waals surface area contributed by atoms with Gasteiger partial charge in [0.2, 0.25) is 0 Å². The maximum atomic E-state index is 4.68. The number of aryl methyl sites for hydroxylation is 3. The second kappa shape index (κ2) is 6.68. The average molecular weight is 330 g/mol. The molecule has 0 aliphatic heterocycles. The zero-order valence-corrected chi connectivity index (χ0v) is 13.9. The Kier molecular flexibility index (Phi) is 4.08. The van der Waals surface area contributed by atoms with E-state index >= 15 is 0 Å². The minimum Gasteiger partial charge on any atom is -0.271 e. The van der Waals surface area contributed by atoms with Crippen LogP contribution in [0.3, 0.4) is 0 Å². The van der Waals surface area contributed by atoms with Crippen LogP contribution in [-0.2, 0) is 13.1 Å². The van der Waals surface area contributed by atoms with Gasteiger partial charge in [0.1, 0.15) is 0 Å². The van der Waals surface area contributed by atoms with Crippen molar-refractivity contribution in [1.29, 1.82) is 0 Å². The van der Waals surface area contributed by atoms with Gasteiger partial charge in [0, 0.05) is 35.9 Å². The Hall–Kier alpha value is -3.28. The van der Waals surface area contributed by atoms with Crippen molar-refractivity contribution in [3.63, 3.8) is 0 Å². The highest BCUT2D eigenvalue weighted by Crippen LogP contribution is 2.23. The van der Waals surface area contributed by atoms with Gasteiger partial charge in [0.15, 0.2) is 0 Å². The molecule has 3 heterocycles. The first-order valence-corrected chi connectivity index (χ1v) is 8.18. The molecule has 0 fully saturated rings. The summed E-state index contributed by atoms with van der Waals surface area (Å²) < 4.78 is 3.88. The van der Waals surface area contributed by atoms with Gasteiger partial charge < -0.3 is 0 Å². The van der Waals surface area contributed by atoms with Gasteiger partial charge in [-0.1, -0.05) is 18.2 Å². The van der Waals surface area contributed by atoms with E-state index in [1.54, 1.807) is 18.6 Å². The molecule has 0 radical (unpaired) electrons. The Bertz CT molecular complexity index is 970. The number of hydrogen-bond acceptors (Lipinski definition) is 4. The van der Waals surface area contributed by atoms with E-state index in [1.165, 1.54) is 0 Å². The molecule has 6 nitrogen and oxygen atoms in total. The van der Waals surface area contributed by atoms with Crippen molar-refractivity contribution in [2.45, 2.75) is 20.0 Å². The Morgan fingerprint density at radius 2 is 1.60 bits per heavy atom. The zero-order valence-electron chi connectivity index (χ0n) is 13.9. The van der Waals surface area contributed by atoms with Crippen molar-refractivity contribution in [3.8, 4) is 22.5 Å². The summed E-state index contributed by atoms with van der Waals surface area (Å²) in [6, 6.07) is 12.2. The maximum absolute atomic E-state index is 4.68. The average Bonchev–Trinajstić information content (AvgIpc) is 3.30. The SMILES string of the molecule is Cc1ccn(CCn2ccc(-c3cccc(-c4cnccn4)c3)n2)n1. The molecule has 0 aliphatic carbocycles. The van der Waals surface area contributed by atoms with Crippen LogP contribution < -0.4 is 0 Å². The second-order valence-corrected chi connectivity index (χ2v) is 5.86. The fourth-order valence-corrected chi connectivity index (χ4v) is 2.72. The first kappa shape index (κ1) is 15.3. The first-order chi connectivity index (χ1) is 12.3. The van der Waals surface area contributed by atoms with E-state index in [4.69, 9.17) is 0 Å². The maximum Gasteiger partial charge on any atom is 0.0923 e. The number of aromatic nitrogens is 6. The van der Waals surface area contributed by atoms with Gasteiger partial charge in [-0.15, -0.1) is 0 Å². The molecule has 0 bridgehead atoms. The van der Waals surface area contributed by atoms with Crippen LogP contribution >= 0.6 is 0 Å². The van der Waals surface area contributed by atoms with E-state index in [2.05, 4.69) is 32.3 Å². The highest BCUT2D eigenvalue weighted by atomic mass is 15.3. The molecule has 25 heavy (non-hydrogen) atoms. The van der Waals surface area contributed by atoms with Crippen molar-refractivity contribution in [2.75, 3.05) is 0 Å². The highest BCUT2D eigenvalue weighted by Gasteiger charge is 2.06. The van der Waals surface area contributed by atoms with Crippen LogP contribution in [0.1, 0.15) is 5.69 Å². The minimum absolute atomic E-state index is 0.783. The van der Waals surface area contributed by atoms with Crippen molar-refractivity contribution < 1.29 is 0 Å². The molecule has 0 saturated heterocycles. The summed E-state index contributed by atoms with van der Waals surface area (Å²) in [5, 5.41) is 9.08. The van der Waals surface area contributed by atoms with Crippen LogP contribution in [0.2, 0.25) is 0 Å². The number of hydrogen-bond donors (Lipinski definition) is 0. The smallest absolute Gasteiger partial charge is 0.0923 e. The minimum atomic E-state index is 0.783. The van der Waals surface area contributed by atoms with Crippen LogP contribution in [0.4, 0.5) is 0 Å².